The number of benzene rings is 2. The average molecular weight is 386 g/mol. The van der Waals surface area contributed by atoms with Gasteiger partial charge in [0.15, 0.2) is 17.5 Å². The summed E-state index contributed by atoms with van der Waals surface area (Å²) in [5.74, 6) is 2.42. The maximum atomic E-state index is 8.91. The number of hydrogen-bond donors (Lipinski definition) is 3. The van der Waals surface area contributed by atoms with Gasteiger partial charge in [-0.15, -0.1) is 0 Å². The van der Waals surface area contributed by atoms with Crippen LogP contribution in [0, 0.1) is 0 Å². The smallest absolute Gasteiger partial charge is 0.191 e. The van der Waals surface area contributed by atoms with Crippen molar-refractivity contribution in [3.05, 3.63) is 59.7 Å². The zero-order valence-electron chi connectivity index (χ0n) is 16.9. The Bertz CT molecular complexity index is 735. The highest BCUT2D eigenvalue weighted by atomic mass is 16.5. The number of aliphatic hydroxyl groups excluding tert-OH is 1. The first kappa shape index (κ1) is 21.6. The highest BCUT2D eigenvalue weighted by Crippen LogP contribution is 2.28. The summed E-state index contributed by atoms with van der Waals surface area (Å²) >= 11 is 0. The van der Waals surface area contributed by atoms with Crippen LogP contribution in [0.25, 0.3) is 0 Å². The zero-order chi connectivity index (χ0) is 20.2. The van der Waals surface area contributed by atoms with E-state index in [0.717, 1.165) is 24.6 Å². The van der Waals surface area contributed by atoms with Crippen LogP contribution in [0.5, 0.6) is 11.5 Å². The highest BCUT2D eigenvalue weighted by molar-refractivity contribution is 5.79. The van der Waals surface area contributed by atoms with Crippen LogP contribution in [0.3, 0.4) is 0 Å². The summed E-state index contributed by atoms with van der Waals surface area (Å²) in [7, 11) is 1.60. The van der Waals surface area contributed by atoms with Crippen molar-refractivity contribution in [3.8, 4) is 11.5 Å². The van der Waals surface area contributed by atoms with Gasteiger partial charge in [-0.05, 0) is 36.1 Å². The molecule has 0 saturated carbocycles. The molecule has 6 nitrogen and oxygen atoms in total. The number of rotatable bonds is 10. The lowest BCUT2D eigenvalue weighted by Gasteiger charge is -2.16. The summed E-state index contributed by atoms with van der Waals surface area (Å²) < 4.78 is 10.8. The first-order chi connectivity index (χ1) is 13.7. The minimum atomic E-state index is -0.0334. The maximum Gasteiger partial charge on any atom is 0.191 e. The van der Waals surface area contributed by atoms with E-state index in [2.05, 4.69) is 46.8 Å². The third-order valence-corrected chi connectivity index (χ3v) is 4.29. The van der Waals surface area contributed by atoms with Gasteiger partial charge < -0.3 is 25.2 Å². The fourth-order valence-electron chi connectivity index (χ4n) is 2.75. The van der Waals surface area contributed by atoms with Crippen molar-refractivity contribution in [1.82, 2.24) is 10.6 Å². The molecule has 2 aromatic carbocycles. The van der Waals surface area contributed by atoms with E-state index in [9.17, 15) is 0 Å². The molecular formula is C22H31N3O3. The van der Waals surface area contributed by atoms with Gasteiger partial charge in [0.05, 0.1) is 20.3 Å². The molecule has 0 bridgehead atoms. The Morgan fingerprint density at radius 1 is 1.11 bits per heavy atom. The molecule has 0 spiro atoms. The molecule has 3 N–H and O–H groups in total. The molecule has 0 aliphatic heterocycles. The summed E-state index contributed by atoms with van der Waals surface area (Å²) in [5, 5.41) is 15.6. The molecule has 0 heterocycles. The summed E-state index contributed by atoms with van der Waals surface area (Å²) in [6, 6.07) is 16.1. The number of aliphatic hydroxyl groups is 1. The van der Waals surface area contributed by atoms with Crippen molar-refractivity contribution < 1.29 is 14.6 Å². The van der Waals surface area contributed by atoms with Crippen molar-refractivity contribution in [1.29, 1.82) is 0 Å². The van der Waals surface area contributed by atoms with E-state index in [0.29, 0.717) is 24.0 Å². The molecule has 0 radical (unpaired) electrons. The third kappa shape index (κ3) is 6.78. The molecule has 0 aliphatic rings. The largest absolute Gasteiger partial charge is 0.493 e. The molecule has 28 heavy (non-hydrogen) atoms. The molecule has 1 atom stereocenters. The highest BCUT2D eigenvalue weighted by Gasteiger charge is 2.08. The number of nitrogens with one attached hydrogen (secondary N) is 2. The third-order valence-electron chi connectivity index (χ3n) is 4.29. The van der Waals surface area contributed by atoms with Gasteiger partial charge in [0.2, 0.25) is 0 Å². The second kappa shape index (κ2) is 11.9. The van der Waals surface area contributed by atoms with Gasteiger partial charge in [-0.25, -0.2) is 4.99 Å². The second-order valence-electron chi connectivity index (χ2n) is 6.45. The molecule has 1 unspecified atom stereocenters. The number of ether oxygens (including phenoxy) is 2. The van der Waals surface area contributed by atoms with Crippen molar-refractivity contribution in [3.63, 3.8) is 0 Å². The molecule has 0 fully saturated rings. The molecular weight excluding hydrogens is 354 g/mol. The van der Waals surface area contributed by atoms with Crippen LogP contribution < -0.4 is 20.1 Å². The number of methoxy groups -OCH3 is 1. The molecule has 152 valence electrons. The molecule has 6 heteroatoms. The summed E-state index contributed by atoms with van der Waals surface area (Å²) in [5.41, 5.74) is 2.32. The predicted octanol–water partition coefficient (Wildman–Crippen LogP) is 2.93. The molecule has 0 aromatic heterocycles. The lowest BCUT2D eigenvalue weighted by molar-refractivity contribution is 0.196. The van der Waals surface area contributed by atoms with Crippen LogP contribution in [-0.2, 0) is 6.54 Å². The Morgan fingerprint density at radius 2 is 1.89 bits per heavy atom. The minimum absolute atomic E-state index is 0.0334. The SMILES string of the molecule is CCNC(=NCc1ccc(OCCO)c(OC)c1)NCC(C)c1ccccc1. The van der Waals surface area contributed by atoms with Crippen molar-refractivity contribution in [2.45, 2.75) is 26.3 Å². The van der Waals surface area contributed by atoms with E-state index in [-0.39, 0.29) is 13.2 Å². The van der Waals surface area contributed by atoms with E-state index >= 15 is 0 Å². The first-order valence-corrected chi connectivity index (χ1v) is 9.65. The maximum absolute atomic E-state index is 8.91. The van der Waals surface area contributed by atoms with E-state index in [1.54, 1.807) is 7.11 Å². The Hall–Kier alpha value is -2.73. The van der Waals surface area contributed by atoms with Crippen molar-refractivity contribution >= 4 is 5.96 Å². The minimum Gasteiger partial charge on any atom is -0.493 e. The quantitative estimate of drug-likeness (QED) is 0.433. The van der Waals surface area contributed by atoms with Gasteiger partial charge in [0.25, 0.3) is 0 Å². The van der Waals surface area contributed by atoms with Gasteiger partial charge in [-0.2, -0.15) is 0 Å². The van der Waals surface area contributed by atoms with E-state index in [1.807, 2.05) is 31.2 Å². The van der Waals surface area contributed by atoms with Gasteiger partial charge in [-0.3, -0.25) is 0 Å². The predicted molar refractivity (Wildman–Crippen MR) is 113 cm³/mol. The van der Waals surface area contributed by atoms with Gasteiger partial charge in [0.1, 0.15) is 6.61 Å². The van der Waals surface area contributed by atoms with E-state index in [4.69, 9.17) is 14.6 Å². The molecule has 0 aliphatic carbocycles. The molecule has 0 amide bonds. The Morgan fingerprint density at radius 3 is 2.57 bits per heavy atom. The molecule has 2 rings (SSSR count). The molecule has 2 aromatic rings. The lowest BCUT2D eigenvalue weighted by atomic mass is 10.0. The summed E-state index contributed by atoms with van der Waals surface area (Å²) in [6.45, 7) is 6.56. The van der Waals surface area contributed by atoms with E-state index < -0.39 is 0 Å². The topological polar surface area (TPSA) is 75.1 Å². The van der Waals surface area contributed by atoms with Crippen molar-refractivity contribution in [2.24, 2.45) is 4.99 Å². The fourth-order valence-corrected chi connectivity index (χ4v) is 2.75. The van der Waals surface area contributed by atoms with Gasteiger partial charge in [-0.1, -0.05) is 43.3 Å². The van der Waals surface area contributed by atoms with Crippen LogP contribution in [0.1, 0.15) is 30.9 Å². The standard InChI is InChI=1S/C22H31N3O3/c1-4-23-22(24-15-17(2)19-8-6-5-7-9-19)25-16-18-10-11-20(28-13-12-26)21(14-18)27-3/h5-11,14,17,26H,4,12-13,15-16H2,1-3H3,(H2,23,24,25). The van der Waals surface area contributed by atoms with Gasteiger partial charge in [0, 0.05) is 13.1 Å². The number of hydrogen-bond acceptors (Lipinski definition) is 4. The fraction of sp³-hybridized carbons (Fsp3) is 0.409. The van der Waals surface area contributed by atoms with Crippen LogP contribution in [0.4, 0.5) is 0 Å². The monoisotopic (exact) mass is 385 g/mol. The summed E-state index contributed by atoms with van der Waals surface area (Å²) in [6.07, 6.45) is 0. The van der Waals surface area contributed by atoms with Gasteiger partial charge >= 0.3 is 0 Å². The summed E-state index contributed by atoms with van der Waals surface area (Å²) in [4.78, 5) is 4.67. The van der Waals surface area contributed by atoms with Crippen LogP contribution in [0.15, 0.2) is 53.5 Å². The Balaban J connectivity index is 1.99. The van der Waals surface area contributed by atoms with Crippen LogP contribution in [-0.4, -0.2) is 44.5 Å². The number of guanidine groups is 1. The number of aliphatic imine (C=N–C) groups is 1. The average Bonchev–Trinajstić information content (AvgIpc) is 2.74. The normalized spacial score (nSPS) is 12.4. The van der Waals surface area contributed by atoms with Crippen LogP contribution >= 0.6 is 0 Å². The van der Waals surface area contributed by atoms with E-state index in [1.165, 1.54) is 5.56 Å². The molecule has 0 saturated heterocycles. The van der Waals surface area contributed by atoms with Crippen LogP contribution in [0.2, 0.25) is 0 Å². The Kier molecular flexibility index (Phi) is 9.15. The first-order valence-electron chi connectivity index (χ1n) is 9.65. The van der Waals surface area contributed by atoms with Crippen molar-refractivity contribution in [2.75, 3.05) is 33.4 Å². The second-order valence-corrected chi connectivity index (χ2v) is 6.45. The number of nitrogens with zero attached hydrogens (tertiary/aromatic N) is 1. The lowest BCUT2D eigenvalue weighted by Crippen LogP contribution is -2.39. The zero-order valence-corrected chi connectivity index (χ0v) is 16.9. The Labute approximate surface area is 167 Å².